The molecule has 0 bridgehead atoms. The van der Waals surface area contributed by atoms with Crippen molar-refractivity contribution in [3.63, 3.8) is 0 Å². The van der Waals surface area contributed by atoms with Gasteiger partial charge >= 0.3 is 6.09 Å². The fraction of sp³-hybridized carbons (Fsp3) is 0.391. The summed E-state index contributed by atoms with van der Waals surface area (Å²) < 4.78 is 18.5. The number of likely N-dealkylation sites (tertiary alicyclic amines) is 1. The fourth-order valence-corrected chi connectivity index (χ4v) is 4.12. The molecule has 1 fully saturated rings. The summed E-state index contributed by atoms with van der Waals surface area (Å²) in [5, 5.41) is 14.9. The smallest absolute Gasteiger partial charge is 0.405 e. The van der Waals surface area contributed by atoms with Crippen LogP contribution in [0.25, 0.3) is 0 Å². The van der Waals surface area contributed by atoms with E-state index < -0.39 is 12.1 Å². The van der Waals surface area contributed by atoms with Crippen molar-refractivity contribution in [1.82, 2.24) is 15.5 Å². The first kappa shape index (κ1) is 27.5. The van der Waals surface area contributed by atoms with E-state index in [1.165, 1.54) is 31.4 Å². The van der Waals surface area contributed by atoms with E-state index in [0.717, 1.165) is 25.9 Å². The maximum absolute atomic E-state index is 13.2. The molecular formula is C23H29Cl2FN4O4. The van der Waals surface area contributed by atoms with Crippen LogP contribution in [0, 0.1) is 11.7 Å². The molecular weight excluding hydrogens is 486 g/mol. The average Bonchev–Trinajstić information content (AvgIpc) is 2.79. The number of halogens is 3. The SMILES string of the molecule is COc1cc(N)c(Cl)cc1C(=O)NCC1CCN(CC(NC(=O)O)c2ccc(F)cc2)CC1.Cl. The summed E-state index contributed by atoms with van der Waals surface area (Å²) in [6.45, 7) is 2.51. The molecule has 1 aliphatic rings. The minimum absolute atomic E-state index is 0. The highest BCUT2D eigenvalue weighted by atomic mass is 35.5. The maximum Gasteiger partial charge on any atom is 0.405 e. The second kappa shape index (κ2) is 12.6. The van der Waals surface area contributed by atoms with Crippen LogP contribution in [0.2, 0.25) is 5.02 Å². The molecule has 1 saturated heterocycles. The molecule has 1 heterocycles. The van der Waals surface area contributed by atoms with Crippen LogP contribution < -0.4 is 21.1 Å². The van der Waals surface area contributed by atoms with E-state index >= 15 is 0 Å². The molecule has 3 rings (SSSR count). The van der Waals surface area contributed by atoms with E-state index in [1.807, 2.05) is 0 Å². The Bertz CT molecular complexity index is 986. The van der Waals surface area contributed by atoms with Crippen LogP contribution in [0.5, 0.6) is 5.75 Å². The van der Waals surface area contributed by atoms with Gasteiger partial charge in [-0.2, -0.15) is 0 Å². The van der Waals surface area contributed by atoms with Crippen molar-refractivity contribution in [3.8, 4) is 5.75 Å². The normalized spacial score (nSPS) is 15.1. The third-order valence-corrected chi connectivity index (χ3v) is 6.16. The van der Waals surface area contributed by atoms with Crippen LogP contribution >= 0.6 is 24.0 Å². The molecule has 34 heavy (non-hydrogen) atoms. The van der Waals surface area contributed by atoms with Gasteiger partial charge in [-0.15, -0.1) is 12.4 Å². The number of rotatable bonds is 8. The second-order valence-corrected chi connectivity index (χ2v) is 8.49. The van der Waals surface area contributed by atoms with Crippen LogP contribution in [0.4, 0.5) is 14.9 Å². The zero-order valence-electron chi connectivity index (χ0n) is 18.7. The summed E-state index contributed by atoms with van der Waals surface area (Å²) >= 11 is 6.05. The number of hydrogen-bond donors (Lipinski definition) is 4. The first-order valence-corrected chi connectivity index (χ1v) is 11.0. The van der Waals surface area contributed by atoms with Gasteiger partial charge < -0.3 is 31.1 Å². The Labute approximate surface area is 209 Å². The molecule has 0 aliphatic carbocycles. The fourth-order valence-electron chi connectivity index (χ4n) is 3.96. The standard InChI is InChI=1S/C23H28ClFN4O4.ClH/c1-33-21-11-19(26)18(24)10-17(21)22(30)27-12-14-6-8-29(9-7-14)13-20(28-23(31)32)15-2-4-16(25)5-3-15;/h2-5,10-11,14,20,28H,6-9,12-13,26H2,1H3,(H,27,30)(H,31,32);1H. The number of nitrogens with two attached hydrogens (primary N) is 1. The largest absolute Gasteiger partial charge is 0.496 e. The van der Waals surface area contributed by atoms with Crippen molar-refractivity contribution in [3.05, 3.63) is 58.4 Å². The number of piperidine rings is 1. The number of nitrogens with one attached hydrogen (secondary N) is 2. The highest BCUT2D eigenvalue weighted by molar-refractivity contribution is 6.33. The van der Waals surface area contributed by atoms with E-state index in [1.54, 1.807) is 12.1 Å². The lowest BCUT2D eigenvalue weighted by Crippen LogP contribution is -2.43. The maximum atomic E-state index is 13.2. The highest BCUT2D eigenvalue weighted by Crippen LogP contribution is 2.29. The van der Waals surface area contributed by atoms with Gasteiger partial charge in [0.1, 0.15) is 11.6 Å². The first-order valence-electron chi connectivity index (χ1n) is 10.6. The van der Waals surface area contributed by atoms with Crippen LogP contribution in [0.15, 0.2) is 36.4 Å². The molecule has 0 radical (unpaired) electrons. The Hall–Kier alpha value is -2.75. The van der Waals surface area contributed by atoms with Gasteiger partial charge in [0.2, 0.25) is 0 Å². The molecule has 0 saturated carbocycles. The molecule has 1 aliphatic heterocycles. The number of hydrogen-bond acceptors (Lipinski definition) is 5. The number of anilines is 1. The van der Waals surface area contributed by atoms with Crippen LogP contribution in [-0.2, 0) is 0 Å². The molecule has 5 N–H and O–H groups in total. The van der Waals surface area contributed by atoms with Gasteiger partial charge in [-0.1, -0.05) is 23.7 Å². The predicted molar refractivity (Wildman–Crippen MR) is 131 cm³/mol. The number of ether oxygens (including phenoxy) is 1. The molecule has 1 unspecified atom stereocenters. The monoisotopic (exact) mass is 514 g/mol. The quantitative estimate of drug-likeness (QED) is 0.396. The summed E-state index contributed by atoms with van der Waals surface area (Å²) in [5.41, 5.74) is 7.16. The summed E-state index contributed by atoms with van der Waals surface area (Å²) in [5.74, 6) is 0.00639. The average molecular weight is 515 g/mol. The van der Waals surface area contributed by atoms with E-state index in [4.69, 9.17) is 22.1 Å². The third-order valence-electron chi connectivity index (χ3n) is 5.83. The van der Waals surface area contributed by atoms with Crippen molar-refractivity contribution < 1.29 is 23.8 Å². The molecule has 1 atom stereocenters. The van der Waals surface area contributed by atoms with Crippen LogP contribution in [0.1, 0.15) is 34.8 Å². The van der Waals surface area contributed by atoms with Crippen molar-refractivity contribution in [2.75, 3.05) is 39.0 Å². The molecule has 186 valence electrons. The zero-order valence-corrected chi connectivity index (χ0v) is 20.3. The number of carboxylic acid groups (broad SMARTS) is 1. The number of carbonyl (C=O) groups is 2. The summed E-state index contributed by atoms with van der Waals surface area (Å²) in [7, 11) is 1.47. The van der Waals surface area contributed by atoms with Gasteiger partial charge in [0.05, 0.1) is 29.4 Å². The van der Waals surface area contributed by atoms with Gasteiger partial charge in [0.25, 0.3) is 5.91 Å². The number of nitrogens with zero attached hydrogens (tertiary/aromatic N) is 1. The van der Waals surface area contributed by atoms with E-state index in [9.17, 15) is 19.1 Å². The van der Waals surface area contributed by atoms with Crippen molar-refractivity contribution in [1.29, 1.82) is 0 Å². The first-order chi connectivity index (χ1) is 15.8. The lowest BCUT2D eigenvalue weighted by molar-refractivity contribution is 0.0932. The number of methoxy groups -OCH3 is 1. The lowest BCUT2D eigenvalue weighted by atomic mass is 9.95. The van der Waals surface area contributed by atoms with Gasteiger partial charge in [-0.3, -0.25) is 4.79 Å². The van der Waals surface area contributed by atoms with Crippen LogP contribution in [-0.4, -0.2) is 55.3 Å². The Morgan fingerprint density at radius 1 is 1.26 bits per heavy atom. The number of amides is 2. The molecule has 8 nitrogen and oxygen atoms in total. The molecule has 0 aromatic heterocycles. The number of carbonyl (C=O) groups excluding carboxylic acids is 1. The molecule has 11 heteroatoms. The number of benzene rings is 2. The predicted octanol–water partition coefficient (Wildman–Crippen LogP) is 3.94. The summed E-state index contributed by atoms with van der Waals surface area (Å²) in [6.07, 6.45) is 0.576. The van der Waals surface area contributed by atoms with E-state index in [2.05, 4.69) is 15.5 Å². The Balaban J connectivity index is 0.00000408. The van der Waals surface area contributed by atoms with E-state index in [0.29, 0.717) is 40.7 Å². The number of nitrogen functional groups attached to an aromatic ring is 1. The van der Waals surface area contributed by atoms with E-state index in [-0.39, 0.29) is 30.0 Å². The molecule has 2 aromatic rings. The minimum Gasteiger partial charge on any atom is -0.496 e. The molecule has 2 amide bonds. The second-order valence-electron chi connectivity index (χ2n) is 8.08. The lowest BCUT2D eigenvalue weighted by Gasteiger charge is -2.34. The molecule has 2 aromatic carbocycles. The van der Waals surface area contributed by atoms with Crippen molar-refractivity contribution >= 4 is 41.7 Å². The third kappa shape index (κ3) is 7.38. The van der Waals surface area contributed by atoms with Crippen molar-refractivity contribution in [2.45, 2.75) is 18.9 Å². The van der Waals surface area contributed by atoms with Gasteiger partial charge in [-0.05, 0) is 55.6 Å². The minimum atomic E-state index is -1.12. The van der Waals surface area contributed by atoms with Gasteiger partial charge in [0, 0.05) is 19.2 Å². The Morgan fingerprint density at radius 2 is 1.91 bits per heavy atom. The van der Waals surface area contributed by atoms with Gasteiger partial charge in [-0.25, -0.2) is 9.18 Å². The zero-order chi connectivity index (χ0) is 24.0. The Morgan fingerprint density at radius 3 is 2.50 bits per heavy atom. The highest BCUT2D eigenvalue weighted by Gasteiger charge is 2.24. The summed E-state index contributed by atoms with van der Waals surface area (Å²) in [4.78, 5) is 26.0. The Kier molecular flexibility index (Phi) is 10.2. The van der Waals surface area contributed by atoms with Crippen LogP contribution in [0.3, 0.4) is 0 Å². The van der Waals surface area contributed by atoms with Crippen molar-refractivity contribution in [2.24, 2.45) is 5.92 Å². The topological polar surface area (TPSA) is 117 Å². The van der Waals surface area contributed by atoms with Gasteiger partial charge in [0.15, 0.2) is 0 Å². The summed E-state index contributed by atoms with van der Waals surface area (Å²) in [6, 6.07) is 8.40. The molecule has 0 spiro atoms.